The standard InChI is InChI=1S/C41H28N2O/c1-41(2)33-19-10-9-16-28(33)29-21-23-35-36(37(29)41)30-17-11-18-31(39(30)44-35)40-42-34-22-20-27(25-12-5-3-6-13-25)24-32(34)38(43-40)26-14-7-4-8-15-26/h3-24H,1-2H3. The first-order chi connectivity index (χ1) is 21.6. The quantitative estimate of drug-likeness (QED) is 0.214. The van der Waals surface area contributed by atoms with Crippen LogP contribution in [0.4, 0.5) is 0 Å². The molecule has 9 rings (SSSR count). The minimum atomic E-state index is -0.144. The highest BCUT2D eigenvalue weighted by Crippen LogP contribution is 2.53. The van der Waals surface area contributed by atoms with E-state index in [0.29, 0.717) is 5.82 Å². The van der Waals surface area contributed by atoms with Crippen molar-refractivity contribution in [2.75, 3.05) is 0 Å². The van der Waals surface area contributed by atoms with Crippen molar-refractivity contribution in [3.8, 4) is 44.9 Å². The van der Waals surface area contributed by atoms with Crippen molar-refractivity contribution in [2.24, 2.45) is 0 Å². The van der Waals surface area contributed by atoms with Crippen LogP contribution in [0, 0.1) is 0 Å². The van der Waals surface area contributed by atoms with Gasteiger partial charge in [0.2, 0.25) is 0 Å². The van der Waals surface area contributed by atoms with Crippen LogP contribution in [0.1, 0.15) is 25.0 Å². The SMILES string of the molecule is CC1(C)c2ccccc2-c2ccc3oc4c(-c5nc(-c6ccccc6)c6cc(-c7ccccc7)ccc6n5)cccc4c3c21. The summed E-state index contributed by atoms with van der Waals surface area (Å²) in [5.74, 6) is 0.660. The lowest BCUT2D eigenvalue weighted by molar-refractivity contribution is 0.657. The topological polar surface area (TPSA) is 38.9 Å². The lowest BCUT2D eigenvalue weighted by Gasteiger charge is -2.22. The van der Waals surface area contributed by atoms with Crippen molar-refractivity contribution in [3.63, 3.8) is 0 Å². The van der Waals surface area contributed by atoms with Crippen LogP contribution in [-0.4, -0.2) is 9.97 Å². The molecule has 0 saturated heterocycles. The average Bonchev–Trinajstić information content (AvgIpc) is 3.57. The molecule has 0 radical (unpaired) electrons. The van der Waals surface area contributed by atoms with E-state index >= 15 is 0 Å². The normalized spacial score (nSPS) is 13.4. The third-order valence-electron chi connectivity index (χ3n) is 9.27. The van der Waals surface area contributed by atoms with E-state index in [1.54, 1.807) is 0 Å². The Morgan fingerprint density at radius 1 is 0.545 bits per heavy atom. The van der Waals surface area contributed by atoms with E-state index in [4.69, 9.17) is 14.4 Å². The summed E-state index contributed by atoms with van der Waals surface area (Å²) in [5, 5.41) is 3.30. The smallest absolute Gasteiger partial charge is 0.164 e. The average molecular weight is 565 g/mol. The van der Waals surface area contributed by atoms with Gasteiger partial charge in [-0.1, -0.05) is 123 Å². The number of nitrogens with zero attached hydrogens (tertiary/aromatic N) is 2. The van der Waals surface area contributed by atoms with Gasteiger partial charge >= 0.3 is 0 Å². The molecule has 3 nitrogen and oxygen atoms in total. The highest BCUT2D eigenvalue weighted by atomic mass is 16.3. The highest BCUT2D eigenvalue weighted by Gasteiger charge is 2.38. The molecule has 0 N–H and O–H groups in total. The Morgan fingerprint density at radius 3 is 2.09 bits per heavy atom. The summed E-state index contributed by atoms with van der Waals surface area (Å²) in [7, 11) is 0. The number of fused-ring (bicyclic) bond motifs is 8. The molecular formula is C41H28N2O. The number of benzene rings is 6. The fraction of sp³-hybridized carbons (Fsp3) is 0.0732. The molecule has 0 atom stereocenters. The van der Waals surface area contributed by atoms with Crippen LogP contribution in [0.3, 0.4) is 0 Å². The molecule has 0 saturated carbocycles. The van der Waals surface area contributed by atoms with Crippen LogP contribution in [0.5, 0.6) is 0 Å². The summed E-state index contributed by atoms with van der Waals surface area (Å²) in [5.41, 5.74) is 12.9. The van der Waals surface area contributed by atoms with Crippen molar-refractivity contribution in [1.82, 2.24) is 9.97 Å². The van der Waals surface area contributed by atoms with Crippen LogP contribution >= 0.6 is 0 Å². The Morgan fingerprint density at radius 2 is 1.27 bits per heavy atom. The molecule has 1 aliphatic rings. The molecule has 2 heterocycles. The first kappa shape index (κ1) is 25.0. The van der Waals surface area contributed by atoms with E-state index in [-0.39, 0.29) is 5.41 Å². The molecule has 0 spiro atoms. The van der Waals surface area contributed by atoms with Gasteiger partial charge in [0.15, 0.2) is 5.82 Å². The maximum absolute atomic E-state index is 6.71. The van der Waals surface area contributed by atoms with Crippen molar-refractivity contribution in [2.45, 2.75) is 19.3 Å². The van der Waals surface area contributed by atoms with Gasteiger partial charge in [-0.15, -0.1) is 0 Å². The minimum absolute atomic E-state index is 0.144. The second kappa shape index (κ2) is 9.23. The number of para-hydroxylation sites is 1. The summed E-state index contributed by atoms with van der Waals surface area (Å²) >= 11 is 0. The lowest BCUT2D eigenvalue weighted by Crippen LogP contribution is -2.15. The van der Waals surface area contributed by atoms with Gasteiger partial charge < -0.3 is 4.42 Å². The second-order valence-corrected chi connectivity index (χ2v) is 12.2. The van der Waals surface area contributed by atoms with Crippen molar-refractivity contribution in [3.05, 3.63) is 145 Å². The Kier molecular flexibility index (Phi) is 5.24. The van der Waals surface area contributed by atoms with E-state index in [9.17, 15) is 0 Å². The molecule has 208 valence electrons. The number of rotatable bonds is 3. The number of hydrogen-bond acceptors (Lipinski definition) is 3. The van der Waals surface area contributed by atoms with Crippen LogP contribution in [0.2, 0.25) is 0 Å². The molecule has 0 amide bonds. The van der Waals surface area contributed by atoms with E-state index in [0.717, 1.165) is 49.8 Å². The summed E-state index contributed by atoms with van der Waals surface area (Å²) in [6.45, 7) is 4.64. The largest absolute Gasteiger partial charge is 0.455 e. The molecule has 0 bridgehead atoms. The Balaban J connectivity index is 1.30. The summed E-state index contributed by atoms with van der Waals surface area (Å²) in [6, 6.07) is 46.8. The first-order valence-corrected chi connectivity index (χ1v) is 15.1. The van der Waals surface area contributed by atoms with Gasteiger partial charge in [-0.2, -0.15) is 0 Å². The Bertz CT molecular complexity index is 2400. The molecule has 8 aromatic rings. The molecule has 3 heteroatoms. The molecule has 0 fully saturated rings. The predicted molar refractivity (Wildman–Crippen MR) is 181 cm³/mol. The van der Waals surface area contributed by atoms with Gasteiger partial charge in [-0.3, -0.25) is 0 Å². The fourth-order valence-electron chi connectivity index (χ4n) is 7.21. The first-order valence-electron chi connectivity index (χ1n) is 15.1. The van der Waals surface area contributed by atoms with Gasteiger partial charge in [0.05, 0.1) is 16.8 Å². The summed E-state index contributed by atoms with van der Waals surface area (Å²) < 4.78 is 6.71. The van der Waals surface area contributed by atoms with E-state index < -0.39 is 0 Å². The van der Waals surface area contributed by atoms with Crippen LogP contribution in [0.25, 0.3) is 77.7 Å². The lowest BCUT2D eigenvalue weighted by atomic mass is 9.80. The van der Waals surface area contributed by atoms with Gasteiger partial charge in [0.25, 0.3) is 0 Å². The van der Waals surface area contributed by atoms with E-state index in [1.165, 1.54) is 33.2 Å². The van der Waals surface area contributed by atoms with Crippen molar-refractivity contribution in [1.29, 1.82) is 0 Å². The van der Waals surface area contributed by atoms with Crippen LogP contribution in [0.15, 0.2) is 138 Å². The molecule has 1 aliphatic carbocycles. The number of furan rings is 1. The number of hydrogen-bond donors (Lipinski definition) is 0. The zero-order valence-electron chi connectivity index (χ0n) is 24.5. The third-order valence-corrected chi connectivity index (χ3v) is 9.27. The van der Waals surface area contributed by atoms with Gasteiger partial charge in [-0.05, 0) is 57.6 Å². The van der Waals surface area contributed by atoms with Crippen LogP contribution < -0.4 is 0 Å². The van der Waals surface area contributed by atoms with Gasteiger partial charge in [0, 0.05) is 27.1 Å². The Labute approximate surface area is 255 Å². The fourth-order valence-corrected chi connectivity index (χ4v) is 7.21. The maximum Gasteiger partial charge on any atom is 0.164 e. The monoisotopic (exact) mass is 564 g/mol. The van der Waals surface area contributed by atoms with Crippen molar-refractivity contribution < 1.29 is 4.42 Å². The summed E-state index contributed by atoms with van der Waals surface area (Å²) in [4.78, 5) is 10.4. The van der Waals surface area contributed by atoms with E-state index in [1.807, 2.05) is 12.1 Å². The third kappa shape index (κ3) is 3.56. The highest BCUT2D eigenvalue weighted by molar-refractivity contribution is 6.14. The van der Waals surface area contributed by atoms with Crippen molar-refractivity contribution >= 4 is 32.8 Å². The van der Waals surface area contributed by atoms with Gasteiger partial charge in [0.1, 0.15) is 11.2 Å². The minimum Gasteiger partial charge on any atom is -0.455 e. The number of aromatic nitrogens is 2. The predicted octanol–water partition coefficient (Wildman–Crippen LogP) is 10.8. The molecular weight excluding hydrogens is 536 g/mol. The van der Waals surface area contributed by atoms with Gasteiger partial charge in [-0.25, -0.2) is 9.97 Å². The maximum atomic E-state index is 6.71. The summed E-state index contributed by atoms with van der Waals surface area (Å²) in [6.07, 6.45) is 0. The Hall–Kier alpha value is -5.54. The zero-order valence-corrected chi connectivity index (χ0v) is 24.5. The van der Waals surface area contributed by atoms with E-state index in [2.05, 4.69) is 135 Å². The molecule has 0 aliphatic heterocycles. The molecule has 44 heavy (non-hydrogen) atoms. The zero-order chi connectivity index (χ0) is 29.4. The molecule has 6 aromatic carbocycles. The molecule has 2 aromatic heterocycles. The van der Waals surface area contributed by atoms with Crippen LogP contribution in [-0.2, 0) is 5.41 Å². The molecule has 0 unspecified atom stereocenters. The second-order valence-electron chi connectivity index (χ2n) is 12.2.